The monoisotopic (exact) mass is 1100 g/mol. The van der Waals surface area contributed by atoms with E-state index in [0.717, 1.165) is 78.5 Å². The van der Waals surface area contributed by atoms with E-state index in [1.807, 2.05) is 46.5 Å². The molecular formula is C62H158N6O5S. The molecule has 0 aromatic rings. The number of methoxy groups -OCH3 is 2. The van der Waals surface area contributed by atoms with Crippen LogP contribution < -0.4 is 10.6 Å². The minimum Gasteiger partial charge on any atom is -0.396 e. The molecule has 0 rings (SSSR count). The molecule has 472 valence electrons. The van der Waals surface area contributed by atoms with Gasteiger partial charge in [-0.15, -0.1) is 0 Å². The van der Waals surface area contributed by atoms with Crippen LogP contribution in [-0.2, 0) is 14.2 Å². The molecular weight excluding hydrogens is 941 g/mol. The zero-order valence-electron chi connectivity index (χ0n) is 58.1. The fourth-order valence-corrected chi connectivity index (χ4v) is 4.97. The molecule has 0 atom stereocenters. The number of aliphatic hydroxyl groups is 2. The molecule has 0 bridgehead atoms. The van der Waals surface area contributed by atoms with Crippen molar-refractivity contribution in [1.82, 2.24) is 30.2 Å². The van der Waals surface area contributed by atoms with Gasteiger partial charge in [-0.2, -0.15) is 11.8 Å². The van der Waals surface area contributed by atoms with Gasteiger partial charge in [0.2, 0.25) is 0 Å². The van der Waals surface area contributed by atoms with Crippen LogP contribution in [0, 0.1) is 0 Å². The van der Waals surface area contributed by atoms with Gasteiger partial charge in [0, 0.05) is 53.2 Å². The highest BCUT2D eigenvalue weighted by atomic mass is 32.2. The number of nitrogens with one attached hydrogen (secondary N) is 2. The molecule has 4 N–H and O–H groups in total. The van der Waals surface area contributed by atoms with Crippen LogP contribution in [0.3, 0.4) is 0 Å². The van der Waals surface area contributed by atoms with E-state index in [-0.39, 0.29) is 6.61 Å². The van der Waals surface area contributed by atoms with Gasteiger partial charge in [-0.05, 0) is 144 Å². The zero-order valence-corrected chi connectivity index (χ0v) is 58.9. The van der Waals surface area contributed by atoms with Crippen LogP contribution in [0.2, 0.25) is 0 Å². The second kappa shape index (κ2) is 145. The van der Waals surface area contributed by atoms with Gasteiger partial charge in [-0.3, -0.25) is 0 Å². The Morgan fingerprint density at radius 2 is 0.770 bits per heavy atom. The summed E-state index contributed by atoms with van der Waals surface area (Å²) in [6.45, 7) is 78.0. The molecule has 0 amide bonds. The van der Waals surface area contributed by atoms with E-state index >= 15 is 0 Å². The molecule has 0 heterocycles. The smallest absolute Gasteiger partial charge is 0.145 e. The highest BCUT2D eigenvalue weighted by molar-refractivity contribution is 7.99. The Kier molecular flexibility index (Phi) is 215. The predicted octanol–water partition coefficient (Wildman–Crippen LogP) is 16.2. The van der Waals surface area contributed by atoms with E-state index in [1.165, 1.54) is 95.6 Å². The van der Waals surface area contributed by atoms with Crippen LogP contribution >= 0.6 is 11.8 Å². The lowest BCUT2D eigenvalue weighted by molar-refractivity contribution is -0.00272. The van der Waals surface area contributed by atoms with Crippen molar-refractivity contribution in [3.63, 3.8) is 0 Å². The van der Waals surface area contributed by atoms with E-state index in [4.69, 9.17) is 14.9 Å². The lowest BCUT2D eigenvalue weighted by Crippen LogP contribution is -2.29. The maximum atomic E-state index is 8.48. The maximum Gasteiger partial charge on any atom is 0.145 e. The first-order valence-corrected chi connectivity index (χ1v) is 32.2. The number of nitrogens with zero attached hydrogens (tertiary/aromatic N) is 4. The number of rotatable bonds is 28. The molecule has 74 heavy (non-hydrogen) atoms. The molecule has 0 aliphatic heterocycles. The minimum absolute atomic E-state index is 0.268. The summed E-state index contributed by atoms with van der Waals surface area (Å²) in [7, 11) is 5.16. The van der Waals surface area contributed by atoms with Crippen LogP contribution in [0.4, 0.5) is 0 Å². The third-order valence-electron chi connectivity index (χ3n) is 8.38. The van der Waals surface area contributed by atoms with Crippen LogP contribution in [0.15, 0.2) is 0 Å². The first-order valence-electron chi connectivity index (χ1n) is 31.1. The van der Waals surface area contributed by atoms with Crippen molar-refractivity contribution in [2.45, 2.75) is 258 Å². The molecule has 0 aromatic carbocycles. The normalized spacial score (nSPS) is 9.00. The molecule has 11 nitrogen and oxygen atoms in total. The largest absolute Gasteiger partial charge is 0.396 e. The molecule has 0 aliphatic carbocycles. The van der Waals surface area contributed by atoms with Crippen molar-refractivity contribution in [2.75, 3.05) is 158 Å². The molecule has 12 heteroatoms. The SMILES string of the molecule is CC.CCC.CCC.CCC.CCCCC.CCCN(CC)CCC.CCN(C)CCO.CCN(CC)C(C)C.CCN(CC)CCCO.CCNCC.CCNCC.CCOCC.CCSCC.COCOC. The Bertz CT molecular complexity index is 563. The van der Waals surface area contributed by atoms with Gasteiger partial charge >= 0.3 is 0 Å². The number of hydrogen-bond acceptors (Lipinski definition) is 12. The fraction of sp³-hybridized carbons (Fsp3) is 1.00. The van der Waals surface area contributed by atoms with Crippen LogP contribution in [0.5, 0.6) is 0 Å². The van der Waals surface area contributed by atoms with Gasteiger partial charge in [0.1, 0.15) is 6.79 Å². The van der Waals surface area contributed by atoms with Crippen molar-refractivity contribution >= 4 is 11.8 Å². The summed E-state index contributed by atoms with van der Waals surface area (Å²) in [5.41, 5.74) is 0. The Balaban J connectivity index is -0.0000000444. The van der Waals surface area contributed by atoms with E-state index in [1.54, 1.807) is 14.2 Å². The maximum absolute atomic E-state index is 8.48. The second-order valence-corrected chi connectivity index (χ2v) is 17.7. The quantitative estimate of drug-likeness (QED) is 0.0561. The average molecular weight is 1100 g/mol. The van der Waals surface area contributed by atoms with Gasteiger partial charge in [0.05, 0.1) is 6.61 Å². The van der Waals surface area contributed by atoms with Crippen molar-refractivity contribution in [3.05, 3.63) is 0 Å². The minimum atomic E-state index is 0.268. The van der Waals surface area contributed by atoms with E-state index in [9.17, 15) is 0 Å². The molecule has 0 aliphatic rings. The Morgan fingerprint density at radius 1 is 0.432 bits per heavy atom. The average Bonchev–Trinajstić information content (AvgIpc) is 3.39. The summed E-state index contributed by atoms with van der Waals surface area (Å²) < 4.78 is 13.8. The molecule has 0 saturated heterocycles. The third-order valence-corrected chi connectivity index (χ3v) is 9.19. The number of hydrogen-bond donors (Lipinski definition) is 4. The number of aliphatic hydroxyl groups excluding tert-OH is 2. The molecule has 0 saturated carbocycles. The van der Waals surface area contributed by atoms with Crippen molar-refractivity contribution in [2.24, 2.45) is 0 Å². The topological polar surface area (TPSA) is 105 Å². The van der Waals surface area contributed by atoms with Gasteiger partial charge in [-0.1, -0.05) is 205 Å². The highest BCUT2D eigenvalue weighted by Crippen LogP contribution is 1.95. The summed E-state index contributed by atoms with van der Waals surface area (Å²) in [5, 5.41) is 23.0. The summed E-state index contributed by atoms with van der Waals surface area (Å²) in [6, 6.07) is 0.713. The van der Waals surface area contributed by atoms with E-state index < -0.39 is 0 Å². The summed E-state index contributed by atoms with van der Waals surface area (Å²) >= 11 is 1.96. The summed E-state index contributed by atoms with van der Waals surface area (Å²) in [6.07, 6.45) is 11.3. The third kappa shape index (κ3) is 216. The lowest BCUT2D eigenvalue weighted by atomic mass is 10.3. The number of thioether (sulfide) groups is 1. The van der Waals surface area contributed by atoms with E-state index in [2.05, 4.69) is 206 Å². The first-order chi connectivity index (χ1) is 35.4. The molecule has 0 unspecified atom stereocenters. The Labute approximate surface area is 479 Å². The van der Waals surface area contributed by atoms with Gasteiger partial charge in [0.15, 0.2) is 0 Å². The predicted molar refractivity (Wildman–Crippen MR) is 353 cm³/mol. The van der Waals surface area contributed by atoms with Crippen molar-refractivity contribution < 1.29 is 24.4 Å². The van der Waals surface area contributed by atoms with Gasteiger partial charge in [0.25, 0.3) is 0 Å². The molecule has 0 radical (unpaired) electrons. The fourth-order valence-electron chi connectivity index (χ4n) is 4.56. The molecule has 0 aromatic heterocycles. The van der Waals surface area contributed by atoms with Gasteiger partial charge in [-0.25, -0.2) is 0 Å². The number of unbranched alkanes of at least 4 members (excludes halogenated alkanes) is 2. The van der Waals surface area contributed by atoms with Crippen molar-refractivity contribution in [1.29, 1.82) is 0 Å². The highest BCUT2D eigenvalue weighted by Gasteiger charge is 2.01. The van der Waals surface area contributed by atoms with Crippen LogP contribution in [0.25, 0.3) is 0 Å². The molecule has 0 spiro atoms. The van der Waals surface area contributed by atoms with Crippen LogP contribution in [-0.4, -0.2) is 193 Å². The summed E-state index contributed by atoms with van der Waals surface area (Å²) in [5.74, 6) is 2.52. The standard InChI is InChI=1S/C8H19N.C7H17NO.C7H17N.C5H13NO.C5H12.2C4H11N.C4H10O.C4H10S.C3H8O2.3C3H8.C2H6/c1-4-7-9(6-3)8-5-2;1-3-8(4-2)6-5-7-9;1-5-8(6-2)7(3)4;1-3-6(2)4-5-7;5*1-3-5-4-2;1-4-3-5-2;3*1-3-2;1-2/h4-8H2,1-3H3;9H,3-7H2,1-2H3;7H,5-6H2,1-4H3;7H,3-5H2,1-2H3;3-5H2,1-2H3;2*5H,3-4H2,1-2H3;2*3-4H2,1-2H3;3H2,1-2H3;3*3H2,1-2H3;1-2H3. The van der Waals surface area contributed by atoms with E-state index in [0.29, 0.717) is 19.4 Å². The number of likely N-dealkylation sites (N-methyl/N-ethyl adjacent to an activating group) is 1. The van der Waals surface area contributed by atoms with Gasteiger partial charge < -0.3 is 54.7 Å². The molecule has 0 fully saturated rings. The first kappa shape index (κ1) is 109. The Hall–Kier alpha value is -0.0900. The summed E-state index contributed by atoms with van der Waals surface area (Å²) in [4.78, 5) is 9.26. The lowest BCUT2D eigenvalue weighted by Gasteiger charge is -2.21. The zero-order chi connectivity index (χ0) is 61.3. The van der Waals surface area contributed by atoms with Crippen LogP contribution in [0.1, 0.15) is 252 Å². The number of ether oxygens (including phenoxy) is 3. The Morgan fingerprint density at radius 3 is 0.851 bits per heavy atom. The second-order valence-electron chi connectivity index (χ2n) is 16.1. The van der Waals surface area contributed by atoms with Crippen molar-refractivity contribution in [3.8, 4) is 0 Å².